The Morgan fingerprint density at radius 1 is 1.17 bits per heavy atom. The van der Waals surface area contributed by atoms with E-state index in [1.807, 2.05) is 18.9 Å². The van der Waals surface area contributed by atoms with Crippen LogP contribution in [0.2, 0.25) is 0 Å². The van der Waals surface area contributed by atoms with Crippen molar-refractivity contribution in [2.75, 3.05) is 33.2 Å². The summed E-state index contributed by atoms with van der Waals surface area (Å²) in [6.45, 7) is 5.31. The summed E-state index contributed by atoms with van der Waals surface area (Å²) in [6, 6.07) is 0. The average Bonchev–Trinajstić information content (AvgIpc) is 2.34. The van der Waals surface area contributed by atoms with Crippen LogP contribution in [0.25, 0.3) is 0 Å². The number of rotatable bonds is 6. The number of carbonyl (C=O) groups excluding carboxylic acids is 1. The molecule has 1 fully saturated rings. The molecule has 0 bridgehead atoms. The molecular weight excluding hydrogens is 232 g/mol. The maximum Gasteiger partial charge on any atom is 0.306 e. The molecule has 1 N–H and O–H groups in total. The Bertz CT molecular complexity index is 286. The van der Waals surface area contributed by atoms with E-state index >= 15 is 0 Å². The number of hydrogen-bond donors (Lipinski definition) is 1. The van der Waals surface area contributed by atoms with E-state index in [1.54, 1.807) is 0 Å². The van der Waals surface area contributed by atoms with Crippen LogP contribution in [0, 0.1) is 5.92 Å². The highest BCUT2D eigenvalue weighted by atomic mass is 16.4. The van der Waals surface area contributed by atoms with Crippen LogP contribution in [-0.2, 0) is 9.59 Å². The van der Waals surface area contributed by atoms with Crippen LogP contribution in [-0.4, -0.2) is 60.0 Å². The summed E-state index contributed by atoms with van der Waals surface area (Å²) in [4.78, 5) is 27.0. The standard InChI is InChI=1S/C13H24N2O3/c1-3-4-11(13(17)18)5-6-12(16)15-9-7-14(2)8-10-15/h11H,3-10H2,1-2H3,(H,17,18). The Kier molecular flexibility index (Phi) is 6.12. The molecule has 1 amide bonds. The van der Waals surface area contributed by atoms with Crippen LogP contribution in [0.15, 0.2) is 0 Å². The van der Waals surface area contributed by atoms with Crippen molar-refractivity contribution in [2.45, 2.75) is 32.6 Å². The van der Waals surface area contributed by atoms with Gasteiger partial charge in [0.1, 0.15) is 0 Å². The fraction of sp³-hybridized carbons (Fsp3) is 0.846. The van der Waals surface area contributed by atoms with Crippen molar-refractivity contribution in [2.24, 2.45) is 5.92 Å². The molecule has 5 heteroatoms. The fourth-order valence-corrected chi connectivity index (χ4v) is 2.25. The molecule has 0 spiro atoms. The molecule has 1 heterocycles. The van der Waals surface area contributed by atoms with Crippen molar-refractivity contribution < 1.29 is 14.7 Å². The predicted molar refractivity (Wildman–Crippen MR) is 69.3 cm³/mol. The molecule has 5 nitrogen and oxygen atoms in total. The molecule has 0 aromatic carbocycles. The van der Waals surface area contributed by atoms with E-state index in [0.29, 0.717) is 19.3 Å². The van der Waals surface area contributed by atoms with E-state index in [-0.39, 0.29) is 11.8 Å². The van der Waals surface area contributed by atoms with E-state index < -0.39 is 5.97 Å². The second kappa shape index (κ2) is 7.36. The molecule has 0 saturated carbocycles. The van der Waals surface area contributed by atoms with E-state index in [9.17, 15) is 9.59 Å². The SMILES string of the molecule is CCCC(CCC(=O)N1CCN(C)CC1)C(=O)O. The minimum Gasteiger partial charge on any atom is -0.481 e. The Hall–Kier alpha value is -1.10. The summed E-state index contributed by atoms with van der Waals surface area (Å²) >= 11 is 0. The monoisotopic (exact) mass is 256 g/mol. The smallest absolute Gasteiger partial charge is 0.306 e. The van der Waals surface area contributed by atoms with E-state index in [1.165, 1.54) is 0 Å². The van der Waals surface area contributed by atoms with Gasteiger partial charge in [-0.25, -0.2) is 0 Å². The third kappa shape index (κ3) is 4.64. The van der Waals surface area contributed by atoms with Crippen LogP contribution < -0.4 is 0 Å². The number of aliphatic carboxylic acids is 1. The second-order valence-electron chi connectivity index (χ2n) is 5.05. The van der Waals surface area contributed by atoms with Crippen molar-refractivity contribution in [3.05, 3.63) is 0 Å². The Morgan fingerprint density at radius 3 is 2.28 bits per heavy atom. The highest BCUT2D eigenvalue weighted by molar-refractivity contribution is 5.77. The lowest BCUT2D eigenvalue weighted by atomic mass is 9.98. The molecule has 1 aliphatic heterocycles. The summed E-state index contributed by atoms with van der Waals surface area (Å²) in [5, 5.41) is 9.03. The van der Waals surface area contributed by atoms with Crippen molar-refractivity contribution in [3.63, 3.8) is 0 Å². The number of carboxylic acids is 1. The first kappa shape index (κ1) is 15.0. The highest BCUT2D eigenvalue weighted by Gasteiger charge is 2.22. The number of amides is 1. The third-order valence-corrected chi connectivity index (χ3v) is 3.55. The molecule has 1 rings (SSSR count). The molecule has 1 saturated heterocycles. The molecule has 18 heavy (non-hydrogen) atoms. The van der Waals surface area contributed by atoms with Gasteiger partial charge in [0.05, 0.1) is 5.92 Å². The van der Waals surface area contributed by atoms with Crippen molar-refractivity contribution in [1.82, 2.24) is 9.80 Å². The summed E-state index contributed by atoms with van der Waals surface area (Å²) in [5.41, 5.74) is 0. The zero-order chi connectivity index (χ0) is 13.5. The first-order chi connectivity index (χ1) is 8.54. The maximum atomic E-state index is 12.0. The summed E-state index contributed by atoms with van der Waals surface area (Å²) < 4.78 is 0. The van der Waals surface area contributed by atoms with E-state index in [0.717, 1.165) is 32.6 Å². The van der Waals surface area contributed by atoms with Crippen LogP contribution in [0.4, 0.5) is 0 Å². The zero-order valence-electron chi connectivity index (χ0n) is 11.4. The second-order valence-corrected chi connectivity index (χ2v) is 5.05. The van der Waals surface area contributed by atoms with Crippen LogP contribution in [0.5, 0.6) is 0 Å². The first-order valence-corrected chi connectivity index (χ1v) is 6.73. The molecule has 0 aromatic heterocycles. The molecule has 0 aliphatic carbocycles. The molecule has 1 atom stereocenters. The van der Waals surface area contributed by atoms with Gasteiger partial charge in [-0.05, 0) is 19.9 Å². The zero-order valence-corrected chi connectivity index (χ0v) is 11.4. The van der Waals surface area contributed by atoms with Gasteiger partial charge in [-0.15, -0.1) is 0 Å². The van der Waals surface area contributed by atoms with Gasteiger partial charge in [0.25, 0.3) is 0 Å². The van der Waals surface area contributed by atoms with Gasteiger partial charge in [0.15, 0.2) is 0 Å². The topological polar surface area (TPSA) is 60.9 Å². The fourth-order valence-electron chi connectivity index (χ4n) is 2.25. The molecule has 1 unspecified atom stereocenters. The molecule has 1 aliphatic rings. The van der Waals surface area contributed by atoms with Gasteiger partial charge in [-0.1, -0.05) is 13.3 Å². The Labute approximate surface area is 109 Å². The van der Waals surface area contributed by atoms with Gasteiger partial charge < -0.3 is 14.9 Å². The molecule has 0 aromatic rings. The predicted octanol–water partition coefficient (Wildman–Crippen LogP) is 1.04. The lowest BCUT2D eigenvalue weighted by Crippen LogP contribution is -2.47. The van der Waals surface area contributed by atoms with E-state index in [4.69, 9.17) is 5.11 Å². The summed E-state index contributed by atoms with van der Waals surface area (Å²) in [6.07, 6.45) is 2.33. The number of piperazine rings is 1. The van der Waals surface area contributed by atoms with Crippen molar-refractivity contribution >= 4 is 11.9 Å². The van der Waals surface area contributed by atoms with Crippen molar-refractivity contribution in [1.29, 1.82) is 0 Å². The van der Waals surface area contributed by atoms with Gasteiger partial charge >= 0.3 is 5.97 Å². The summed E-state index contributed by atoms with van der Waals surface area (Å²) in [7, 11) is 2.05. The molecule has 0 radical (unpaired) electrons. The van der Waals surface area contributed by atoms with Crippen LogP contribution in [0.3, 0.4) is 0 Å². The van der Waals surface area contributed by atoms with Crippen molar-refractivity contribution in [3.8, 4) is 0 Å². The number of likely N-dealkylation sites (N-methyl/N-ethyl adjacent to an activating group) is 1. The van der Waals surface area contributed by atoms with Crippen LogP contribution >= 0.6 is 0 Å². The Balaban J connectivity index is 2.33. The number of nitrogens with zero attached hydrogens (tertiary/aromatic N) is 2. The van der Waals surface area contributed by atoms with Gasteiger partial charge in [0, 0.05) is 32.6 Å². The lowest BCUT2D eigenvalue weighted by Gasteiger charge is -2.32. The number of carboxylic acid groups (broad SMARTS) is 1. The average molecular weight is 256 g/mol. The molecular formula is C13H24N2O3. The minimum absolute atomic E-state index is 0.102. The quantitative estimate of drug-likeness (QED) is 0.771. The lowest BCUT2D eigenvalue weighted by molar-refractivity contribution is -0.142. The Morgan fingerprint density at radius 2 is 1.78 bits per heavy atom. The minimum atomic E-state index is -0.775. The normalized spacial score (nSPS) is 18.7. The number of carbonyl (C=O) groups is 2. The largest absolute Gasteiger partial charge is 0.481 e. The highest BCUT2D eigenvalue weighted by Crippen LogP contribution is 2.15. The maximum absolute atomic E-state index is 12.0. The van der Waals surface area contributed by atoms with Crippen LogP contribution in [0.1, 0.15) is 32.6 Å². The van der Waals surface area contributed by atoms with Gasteiger partial charge in [-0.2, -0.15) is 0 Å². The first-order valence-electron chi connectivity index (χ1n) is 6.73. The van der Waals surface area contributed by atoms with Gasteiger partial charge in [-0.3, -0.25) is 9.59 Å². The number of hydrogen-bond acceptors (Lipinski definition) is 3. The molecule has 104 valence electrons. The van der Waals surface area contributed by atoms with Gasteiger partial charge in [0.2, 0.25) is 5.91 Å². The third-order valence-electron chi connectivity index (χ3n) is 3.55. The summed E-state index contributed by atoms with van der Waals surface area (Å²) in [5.74, 6) is -1.04. The van der Waals surface area contributed by atoms with E-state index in [2.05, 4.69) is 4.90 Å².